The molecular formula is C20H23NO2. The second kappa shape index (κ2) is 6.86. The Morgan fingerprint density at radius 3 is 2.70 bits per heavy atom. The van der Waals surface area contributed by atoms with E-state index in [1.807, 2.05) is 29.2 Å². The van der Waals surface area contributed by atoms with Crippen LogP contribution in [0.3, 0.4) is 0 Å². The van der Waals surface area contributed by atoms with Crippen molar-refractivity contribution in [2.45, 2.75) is 32.2 Å². The standard InChI is InChI=1S/C20H23NO2/c1-15-5-3-6-17(13-15)19-7-4-12-21(19)20(22)14-16-8-10-18(23-2)11-9-16/h3,5-6,8-11,13,19H,4,7,12,14H2,1-2H3/t19-/m1/s1. The molecular weight excluding hydrogens is 286 g/mol. The molecule has 2 aromatic carbocycles. The maximum absolute atomic E-state index is 12.7. The molecule has 1 fully saturated rings. The van der Waals surface area contributed by atoms with Gasteiger partial charge in [0.2, 0.25) is 5.91 Å². The summed E-state index contributed by atoms with van der Waals surface area (Å²) >= 11 is 0. The van der Waals surface area contributed by atoms with Crippen LogP contribution in [0.4, 0.5) is 0 Å². The highest BCUT2D eigenvalue weighted by atomic mass is 16.5. The van der Waals surface area contributed by atoms with Gasteiger partial charge in [-0.15, -0.1) is 0 Å². The molecule has 0 bridgehead atoms. The van der Waals surface area contributed by atoms with Crippen LogP contribution in [0.2, 0.25) is 0 Å². The van der Waals surface area contributed by atoms with Crippen LogP contribution in [0.5, 0.6) is 5.75 Å². The summed E-state index contributed by atoms with van der Waals surface area (Å²) in [6.45, 7) is 2.95. The highest BCUT2D eigenvalue weighted by Crippen LogP contribution is 2.32. The monoisotopic (exact) mass is 309 g/mol. The van der Waals surface area contributed by atoms with E-state index in [2.05, 4.69) is 31.2 Å². The van der Waals surface area contributed by atoms with Crippen molar-refractivity contribution in [3.63, 3.8) is 0 Å². The lowest BCUT2D eigenvalue weighted by atomic mass is 10.0. The molecule has 1 atom stereocenters. The van der Waals surface area contributed by atoms with Crippen LogP contribution in [-0.2, 0) is 11.2 Å². The van der Waals surface area contributed by atoms with Gasteiger partial charge in [0.05, 0.1) is 19.6 Å². The molecule has 3 nitrogen and oxygen atoms in total. The molecule has 0 radical (unpaired) electrons. The second-order valence-electron chi connectivity index (χ2n) is 6.18. The van der Waals surface area contributed by atoms with Gasteiger partial charge in [-0.3, -0.25) is 4.79 Å². The van der Waals surface area contributed by atoms with Crippen LogP contribution in [-0.4, -0.2) is 24.5 Å². The molecule has 23 heavy (non-hydrogen) atoms. The van der Waals surface area contributed by atoms with Gasteiger partial charge in [-0.25, -0.2) is 0 Å². The molecule has 3 heteroatoms. The zero-order valence-electron chi connectivity index (χ0n) is 13.8. The van der Waals surface area contributed by atoms with E-state index in [0.29, 0.717) is 6.42 Å². The van der Waals surface area contributed by atoms with Gasteiger partial charge >= 0.3 is 0 Å². The molecule has 0 N–H and O–H groups in total. The average Bonchev–Trinajstić information content (AvgIpc) is 3.05. The van der Waals surface area contributed by atoms with E-state index in [0.717, 1.165) is 30.7 Å². The molecule has 1 aliphatic heterocycles. The van der Waals surface area contributed by atoms with E-state index in [9.17, 15) is 4.79 Å². The minimum atomic E-state index is 0.208. The summed E-state index contributed by atoms with van der Waals surface area (Å²) in [5.41, 5.74) is 3.54. The highest BCUT2D eigenvalue weighted by molar-refractivity contribution is 5.79. The summed E-state index contributed by atoms with van der Waals surface area (Å²) in [6, 6.07) is 16.5. The lowest BCUT2D eigenvalue weighted by molar-refractivity contribution is -0.131. The number of rotatable bonds is 4. The summed E-state index contributed by atoms with van der Waals surface area (Å²) in [7, 11) is 1.65. The maximum atomic E-state index is 12.7. The topological polar surface area (TPSA) is 29.5 Å². The first-order valence-electron chi connectivity index (χ1n) is 8.16. The van der Waals surface area contributed by atoms with Crippen LogP contribution in [0.25, 0.3) is 0 Å². The molecule has 0 aliphatic carbocycles. The Morgan fingerprint density at radius 1 is 1.22 bits per heavy atom. The quantitative estimate of drug-likeness (QED) is 0.857. The van der Waals surface area contributed by atoms with Crippen LogP contribution in [0.15, 0.2) is 48.5 Å². The van der Waals surface area contributed by atoms with Gasteiger partial charge < -0.3 is 9.64 Å². The third-order valence-electron chi connectivity index (χ3n) is 4.51. The number of amides is 1. The number of carbonyl (C=O) groups is 1. The van der Waals surface area contributed by atoms with E-state index in [1.54, 1.807) is 7.11 Å². The summed E-state index contributed by atoms with van der Waals surface area (Å²) in [5.74, 6) is 1.03. The number of ether oxygens (including phenoxy) is 1. The number of benzene rings is 2. The van der Waals surface area contributed by atoms with Crippen molar-refractivity contribution in [1.82, 2.24) is 4.90 Å². The molecule has 0 aromatic heterocycles. The fourth-order valence-electron chi connectivity index (χ4n) is 3.31. The zero-order chi connectivity index (χ0) is 16.2. The lowest BCUT2D eigenvalue weighted by Gasteiger charge is -2.25. The van der Waals surface area contributed by atoms with Crippen molar-refractivity contribution in [3.05, 3.63) is 65.2 Å². The molecule has 0 unspecified atom stereocenters. The minimum absolute atomic E-state index is 0.208. The fraction of sp³-hybridized carbons (Fsp3) is 0.350. The van der Waals surface area contributed by atoms with E-state index < -0.39 is 0 Å². The Balaban J connectivity index is 1.72. The molecule has 2 aromatic rings. The molecule has 1 amide bonds. The normalized spacial score (nSPS) is 17.3. The van der Waals surface area contributed by atoms with E-state index in [-0.39, 0.29) is 11.9 Å². The van der Waals surface area contributed by atoms with Crippen molar-refractivity contribution in [2.75, 3.05) is 13.7 Å². The van der Waals surface area contributed by atoms with Crippen molar-refractivity contribution in [1.29, 1.82) is 0 Å². The predicted octanol–water partition coefficient (Wildman–Crippen LogP) is 3.91. The summed E-state index contributed by atoms with van der Waals surface area (Å²) in [6.07, 6.45) is 2.58. The number of carbonyl (C=O) groups excluding carboxylic acids is 1. The van der Waals surface area contributed by atoms with E-state index >= 15 is 0 Å². The van der Waals surface area contributed by atoms with Crippen LogP contribution >= 0.6 is 0 Å². The largest absolute Gasteiger partial charge is 0.497 e. The third-order valence-corrected chi connectivity index (χ3v) is 4.51. The zero-order valence-corrected chi connectivity index (χ0v) is 13.8. The first kappa shape index (κ1) is 15.6. The summed E-state index contributed by atoms with van der Waals surface area (Å²) < 4.78 is 5.16. The average molecular weight is 309 g/mol. The number of hydrogen-bond donors (Lipinski definition) is 0. The Kier molecular flexibility index (Phi) is 4.65. The van der Waals surface area contributed by atoms with Gasteiger partial charge in [-0.05, 0) is 43.0 Å². The van der Waals surface area contributed by atoms with Crippen molar-refractivity contribution in [3.8, 4) is 5.75 Å². The number of hydrogen-bond acceptors (Lipinski definition) is 2. The van der Waals surface area contributed by atoms with Crippen molar-refractivity contribution >= 4 is 5.91 Å². The van der Waals surface area contributed by atoms with Gasteiger partial charge in [-0.1, -0.05) is 42.0 Å². The number of nitrogens with zero attached hydrogens (tertiary/aromatic N) is 1. The van der Waals surface area contributed by atoms with Gasteiger partial charge in [0.1, 0.15) is 5.75 Å². The van der Waals surface area contributed by atoms with Crippen molar-refractivity contribution < 1.29 is 9.53 Å². The maximum Gasteiger partial charge on any atom is 0.227 e. The Hall–Kier alpha value is -2.29. The van der Waals surface area contributed by atoms with Gasteiger partial charge in [0, 0.05) is 6.54 Å². The predicted molar refractivity (Wildman–Crippen MR) is 91.6 cm³/mol. The molecule has 120 valence electrons. The third kappa shape index (κ3) is 3.55. The number of aryl methyl sites for hydroxylation is 1. The summed E-state index contributed by atoms with van der Waals surface area (Å²) in [4.78, 5) is 14.8. The summed E-state index contributed by atoms with van der Waals surface area (Å²) in [5, 5.41) is 0. The smallest absolute Gasteiger partial charge is 0.227 e. The van der Waals surface area contributed by atoms with Gasteiger partial charge in [0.15, 0.2) is 0 Å². The van der Waals surface area contributed by atoms with Crippen LogP contribution in [0.1, 0.15) is 35.6 Å². The SMILES string of the molecule is COc1ccc(CC(=O)N2CCC[C@@H]2c2cccc(C)c2)cc1. The fourth-order valence-corrected chi connectivity index (χ4v) is 3.31. The highest BCUT2D eigenvalue weighted by Gasteiger charge is 2.29. The van der Waals surface area contributed by atoms with E-state index in [4.69, 9.17) is 4.74 Å². The number of likely N-dealkylation sites (tertiary alicyclic amines) is 1. The Labute approximate surface area is 137 Å². The second-order valence-corrected chi connectivity index (χ2v) is 6.18. The first-order chi connectivity index (χ1) is 11.2. The molecule has 0 spiro atoms. The Bertz CT molecular complexity index is 678. The van der Waals surface area contributed by atoms with E-state index in [1.165, 1.54) is 11.1 Å². The van der Waals surface area contributed by atoms with Gasteiger partial charge in [-0.2, -0.15) is 0 Å². The van der Waals surface area contributed by atoms with Gasteiger partial charge in [0.25, 0.3) is 0 Å². The molecule has 0 saturated carbocycles. The first-order valence-corrected chi connectivity index (χ1v) is 8.16. The molecule has 3 rings (SSSR count). The van der Waals surface area contributed by atoms with Crippen molar-refractivity contribution in [2.24, 2.45) is 0 Å². The lowest BCUT2D eigenvalue weighted by Crippen LogP contribution is -2.31. The number of methoxy groups -OCH3 is 1. The van der Waals surface area contributed by atoms with Crippen LogP contribution < -0.4 is 4.74 Å². The molecule has 1 saturated heterocycles. The molecule has 1 heterocycles. The Morgan fingerprint density at radius 2 is 2.00 bits per heavy atom. The minimum Gasteiger partial charge on any atom is -0.497 e. The molecule has 1 aliphatic rings. The van der Waals surface area contributed by atoms with Crippen LogP contribution in [0, 0.1) is 6.92 Å².